The number of hydrogen-bond acceptors (Lipinski definition) is 6. The molecule has 0 fully saturated rings. The number of amidine groups is 1. The molecule has 23 heavy (non-hydrogen) atoms. The number of aliphatic hydroxyl groups is 1. The minimum atomic E-state index is -0.854. The van der Waals surface area contributed by atoms with Gasteiger partial charge in [-0.2, -0.15) is 5.10 Å². The van der Waals surface area contributed by atoms with Crippen LogP contribution in [0, 0.1) is 0 Å². The van der Waals surface area contributed by atoms with E-state index >= 15 is 0 Å². The normalized spacial score (nSPS) is 12.9. The number of ether oxygens (including phenoxy) is 2. The van der Waals surface area contributed by atoms with Crippen molar-refractivity contribution >= 4 is 29.6 Å². The Kier molecular flexibility index (Phi) is 7.62. The van der Waals surface area contributed by atoms with Gasteiger partial charge in [0.2, 0.25) is 0 Å². The van der Waals surface area contributed by atoms with Crippen molar-refractivity contribution in [3.05, 3.63) is 46.4 Å². The van der Waals surface area contributed by atoms with Crippen LogP contribution in [0.1, 0.15) is 19.4 Å². The first-order valence-corrected chi connectivity index (χ1v) is 7.23. The molecule has 0 amide bonds. The molecule has 124 valence electrons. The molecule has 1 aromatic carbocycles. The van der Waals surface area contributed by atoms with Crippen LogP contribution >= 0.6 is 11.6 Å². The number of halogens is 1. The van der Waals surface area contributed by atoms with Crippen LogP contribution in [0.2, 0.25) is 5.02 Å². The number of hydrogen-bond donors (Lipinski definition) is 2. The van der Waals surface area contributed by atoms with E-state index in [1.165, 1.54) is 6.21 Å². The zero-order valence-electron chi connectivity index (χ0n) is 12.8. The molecule has 3 N–H and O–H groups in total. The van der Waals surface area contributed by atoms with Crippen molar-refractivity contribution in [2.24, 2.45) is 15.9 Å². The summed E-state index contributed by atoms with van der Waals surface area (Å²) in [6.45, 7) is 3.51. The number of aliphatic hydroxyl groups excluding tert-OH is 1. The van der Waals surface area contributed by atoms with Gasteiger partial charge in [-0.25, -0.2) is 4.79 Å². The Hall–Kier alpha value is -2.54. The first-order valence-electron chi connectivity index (χ1n) is 6.85. The van der Waals surface area contributed by atoms with Gasteiger partial charge in [0.1, 0.15) is 0 Å². The monoisotopic (exact) mass is 339 g/mol. The highest BCUT2D eigenvalue weighted by Crippen LogP contribution is 2.12. The van der Waals surface area contributed by atoms with E-state index in [4.69, 9.17) is 26.8 Å². The van der Waals surface area contributed by atoms with Crippen LogP contribution < -0.4 is 5.73 Å². The molecule has 0 saturated carbocycles. The minimum Gasteiger partial charge on any atom is -0.480 e. The second-order valence-electron chi connectivity index (χ2n) is 4.08. The van der Waals surface area contributed by atoms with Crippen LogP contribution in [-0.4, -0.2) is 36.3 Å². The Morgan fingerprint density at radius 1 is 1.30 bits per heavy atom. The Morgan fingerprint density at radius 2 is 1.96 bits per heavy atom. The van der Waals surface area contributed by atoms with Crippen molar-refractivity contribution in [2.45, 2.75) is 13.8 Å². The third-order valence-electron chi connectivity index (χ3n) is 2.50. The van der Waals surface area contributed by atoms with Crippen LogP contribution in [-0.2, 0) is 14.3 Å². The quantitative estimate of drug-likeness (QED) is 0.198. The molecule has 0 aromatic heterocycles. The number of carbonyl (C=O) groups is 1. The van der Waals surface area contributed by atoms with Gasteiger partial charge in [-0.3, -0.25) is 0 Å². The van der Waals surface area contributed by atoms with Gasteiger partial charge < -0.3 is 20.3 Å². The number of esters is 1. The molecule has 0 atom stereocenters. The van der Waals surface area contributed by atoms with E-state index in [0.29, 0.717) is 10.6 Å². The summed E-state index contributed by atoms with van der Waals surface area (Å²) in [4.78, 5) is 11.8. The van der Waals surface area contributed by atoms with E-state index in [2.05, 4.69) is 10.2 Å². The van der Waals surface area contributed by atoms with E-state index < -0.39 is 11.9 Å². The average molecular weight is 340 g/mol. The van der Waals surface area contributed by atoms with Crippen molar-refractivity contribution in [3.8, 4) is 0 Å². The summed E-state index contributed by atoms with van der Waals surface area (Å²) >= 11 is 5.97. The lowest BCUT2D eigenvalue weighted by molar-refractivity contribution is -0.138. The maximum atomic E-state index is 11.8. The molecule has 0 heterocycles. The van der Waals surface area contributed by atoms with E-state index in [0.717, 1.165) is 0 Å². The van der Waals surface area contributed by atoms with Crippen LogP contribution in [0.25, 0.3) is 0 Å². The molecule has 0 radical (unpaired) electrons. The summed E-state index contributed by atoms with van der Waals surface area (Å²) in [5.41, 5.74) is 5.93. The highest BCUT2D eigenvalue weighted by Gasteiger charge is 2.22. The lowest BCUT2D eigenvalue weighted by atomic mass is 10.2. The smallest absolute Gasteiger partial charge is 0.349 e. The second-order valence-corrected chi connectivity index (χ2v) is 4.49. The molecule has 7 nitrogen and oxygen atoms in total. The third-order valence-corrected chi connectivity index (χ3v) is 2.84. The number of carbonyl (C=O) groups excluding carboxylic acids is 1. The molecule has 0 unspecified atom stereocenters. The van der Waals surface area contributed by atoms with E-state index in [1.54, 1.807) is 38.1 Å². The molecule has 0 aliphatic carbocycles. The zero-order valence-corrected chi connectivity index (χ0v) is 13.6. The van der Waals surface area contributed by atoms with Gasteiger partial charge in [-0.1, -0.05) is 29.8 Å². The molecule has 0 spiro atoms. The Bertz CT molecular complexity index is 641. The van der Waals surface area contributed by atoms with E-state index in [1.807, 2.05) is 0 Å². The zero-order chi connectivity index (χ0) is 17.2. The number of nitrogens with zero attached hydrogens (tertiary/aromatic N) is 2. The van der Waals surface area contributed by atoms with Gasteiger partial charge in [0.15, 0.2) is 11.4 Å². The maximum absolute atomic E-state index is 11.8. The van der Waals surface area contributed by atoms with Gasteiger partial charge in [0.25, 0.3) is 5.95 Å². The highest BCUT2D eigenvalue weighted by atomic mass is 35.5. The average Bonchev–Trinajstić information content (AvgIpc) is 2.50. The van der Waals surface area contributed by atoms with Gasteiger partial charge >= 0.3 is 5.97 Å². The molecule has 0 bridgehead atoms. The van der Waals surface area contributed by atoms with Crippen molar-refractivity contribution in [1.29, 1.82) is 0 Å². The Labute approximate surface area is 139 Å². The predicted octanol–water partition coefficient (Wildman–Crippen LogP) is 2.40. The highest BCUT2D eigenvalue weighted by molar-refractivity contribution is 6.33. The Balaban J connectivity index is 3.05. The summed E-state index contributed by atoms with van der Waals surface area (Å²) in [7, 11) is 0. The Morgan fingerprint density at radius 3 is 2.57 bits per heavy atom. The number of rotatable bonds is 7. The standard InChI is InChI=1S/C15H18ClN3O4/c1-3-22-14(20)12(15(21)23-4-2)13(17)19-18-9-10-7-5-6-8-11(10)16/h5-9,20H,3-4H2,1-2H3,(H2,17,19)/b14-12?,18-9+. The largest absolute Gasteiger partial charge is 0.480 e. The number of nitrogens with two attached hydrogens (primary N) is 1. The summed E-state index contributed by atoms with van der Waals surface area (Å²) in [5.74, 6) is -1.86. The van der Waals surface area contributed by atoms with Gasteiger partial charge in [-0.05, 0) is 19.9 Å². The van der Waals surface area contributed by atoms with Crippen LogP contribution in [0.3, 0.4) is 0 Å². The molecule has 0 aliphatic rings. The van der Waals surface area contributed by atoms with Crippen LogP contribution in [0.5, 0.6) is 0 Å². The van der Waals surface area contributed by atoms with Gasteiger partial charge in [0, 0.05) is 10.6 Å². The third kappa shape index (κ3) is 5.63. The molecular weight excluding hydrogens is 322 g/mol. The summed E-state index contributed by atoms with van der Waals surface area (Å²) in [6, 6.07) is 6.99. The van der Waals surface area contributed by atoms with Crippen LogP contribution in [0.4, 0.5) is 0 Å². The van der Waals surface area contributed by atoms with Gasteiger partial charge in [0.05, 0.1) is 19.4 Å². The van der Waals surface area contributed by atoms with E-state index in [9.17, 15) is 9.90 Å². The number of benzene rings is 1. The minimum absolute atomic E-state index is 0.109. The second kappa shape index (κ2) is 9.47. The van der Waals surface area contributed by atoms with Crippen molar-refractivity contribution in [1.82, 2.24) is 0 Å². The molecular formula is C15H18ClN3O4. The lowest BCUT2D eigenvalue weighted by Crippen LogP contribution is -2.25. The molecule has 0 aliphatic heterocycles. The van der Waals surface area contributed by atoms with Crippen molar-refractivity contribution < 1.29 is 19.4 Å². The fourth-order valence-corrected chi connectivity index (χ4v) is 1.68. The summed E-state index contributed by atoms with van der Waals surface area (Å²) < 4.78 is 9.68. The van der Waals surface area contributed by atoms with Gasteiger partial charge in [-0.15, -0.1) is 5.10 Å². The summed E-state index contributed by atoms with van der Waals surface area (Å²) in [5, 5.41) is 17.7. The predicted molar refractivity (Wildman–Crippen MR) is 88.6 cm³/mol. The molecule has 8 heteroatoms. The first-order chi connectivity index (χ1) is 11.0. The maximum Gasteiger partial charge on any atom is 0.349 e. The summed E-state index contributed by atoms with van der Waals surface area (Å²) in [6.07, 6.45) is 1.37. The molecule has 1 aromatic rings. The van der Waals surface area contributed by atoms with Crippen molar-refractivity contribution in [2.75, 3.05) is 13.2 Å². The van der Waals surface area contributed by atoms with Crippen LogP contribution in [0.15, 0.2) is 46.0 Å². The first kappa shape index (κ1) is 18.5. The fourth-order valence-electron chi connectivity index (χ4n) is 1.50. The molecule has 0 saturated heterocycles. The van der Waals surface area contributed by atoms with E-state index in [-0.39, 0.29) is 24.6 Å². The lowest BCUT2D eigenvalue weighted by Gasteiger charge is -2.08. The SMILES string of the molecule is CCOC(=O)C(C(N)=N/N=C/c1ccccc1Cl)=C(O)OCC. The molecule has 1 rings (SSSR count). The topological polar surface area (TPSA) is 107 Å². The fraction of sp³-hybridized carbons (Fsp3) is 0.267. The van der Waals surface area contributed by atoms with Crippen molar-refractivity contribution in [3.63, 3.8) is 0 Å².